The van der Waals surface area contributed by atoms with Crippen molar-refractivity contribution in [2.24, 2.45) is 0 Å². The van der Waals surface area contributed by atoms with Crippen molar-refractivity contribution < 1.29 is 14.7 Å². The molecule has 2 aromatic carbocycles. The number of benzene rings is 2. The number of aliphatic hydroxyl groups is 1. The molecule has 1 aromatic heterocycles. The molecule has 0 fully saturated rings. The van der Waals surface area contributed by atoms with E-state index in [1.165, 1.54) is 11.3 Å². The predicted octanol–water partition coefficient (Wildman–Crippen LogP) is 3.31. The maximum atomic E-state index is 12.1. The zero-order valence-electron chi connectivity index (χ0n) is 14.6. The summed E-state index contributed by atoms with van der Waals surface area (Å²) < 4.78 is 1.07. The fraction of sp³-hybridized carbons (Fsp3) is 0.200. The van der Waals surface area contributed by atoms with E-state index in [0.717, 1.165) is 26.8 Å². The van der Waals surface area contributed by atoms with Gasteiger partial charge < -0.3 is 15.7 Å². The van der Waals surface area contributed by atoms with Crippen LogP contribution in [0.25, 0.3) is 10.1 Å². The molecule has 1 atom stereocenters. The minimum absolute atomic E-state index is 0.0280. The fourth-order valence-corrected chi connectivity index (χ4v) is 3.71. The van der Waals surface area contributed by atoms with Crippen LogP contribution in [0.2, 0.25) is 0 Å². The Morgan fingerprint density at radius 2 is 1.85 bits per heavy atom. The molecule has 0 spiro atoms. The second-order valence-electron chi connectivity index (χ2n) is 6.11. The molecule has 1 heterocycles. The van der Waals surface area contributed by atoms with Gasteiger partial charge in [0.05, 0.1) is 6.10 Å². The standard InChI is InChI=1S/C20H20N2O3S/c1-12-6-5-8-16(13(12)2)22-20(25)19(24)21-10-17(23)15-11-26-18-9-4-3-7-14(15)18/h3-9,11,17,23H,10H2,1-2H3,(H,21,24)(H,22,25). The van der Waals surface area contributed by atoms with Crippen molar-refractivity contribution in [3.63, 3.8) is 0 Å². The molecule has 0 aliphatic heterocycles. The molecule has 1 unspecified atom stereocenters. The Kier molecular flexibility index (Phi) is 5.35. The molecule has 0 aliphatic rings. The second kappa shape index (κ2) is 7.68. The van der Waals surface area contributed by atoms with Crippen LogP contribution in [0, 0.1) is 13.8 Å². The van der Waals surface area contributed by atoms with Crippen LogP contribution in [-0.2, 0) is 9.59 Å². The van der Waals surface area contributed by atoms with Gasteiger partial charge in [0.2, 0.25) is 0 Å². The van der Waals surface area contributed by atoms with E-state index >= 15 is 0 Å². The van der Waals surface area contributed by atoms with E-state index in [9.17, 15) is 14.7 Å². The van der Waals surface area contributed by atoms with Gasteiger partial charge in [0.1, 0.15) is 0 Å². The third-order valence-electron chi connectivity index (χ3n) is 4.38. The van der Waals surface area contributed by atoms with Crippen LogP contribution in [0.3, 0.4) is 0 Å². The Bertz CT molecular complexity index is 965. The molecule has 0 bridgehead atoms. The molecule has 3 rings (SSSR count). The third kappa shape index (κ3) is 3.76. The van der Waals surface area contributed by atoms with E-state index in [0.29, 0.717) is 5.69 Å². The van der Waals surface area contributed by atoms with E-state index in [-0.39, 0.29) is 6.54 Å². The van der Waals surface area contributed by atoms with Gasteiger partial charge in [-0.2, -0.15) is 0 Å². The number of hydrogen-bond acceptors (Lipinski definition) is 4. The normalized spacial score (nSPS) is 12.0. The lowest BCUT2D eigenvalue weighted by Gasteiger charge is -2.13. The van der Waals surface area contributed by atoms with Gasteiger partial charge in [-0.3, -0.25) is 9.59 Å². The summed E-state index contributed by atoms with van der Waals surface area (Å²) in [6.45, 7) is 3.79. The van der Waals surface area contributed by atoms with Crippen molar-refractivity contribution in [1.29, 1.82) is 0 Å². The summed E-state index contributed by atoms with van der Waals surface area (Å²) in [6, 6.07) is 13.3. The number of fused-ring (bicyclic) bond motifs is 1. The summed E-state index contributed by atoms with van der Waals surface area (Å²) >= 11 is 1.54. The quantitative estimate of drug-likeness (QED) is 0.618. The molecule has 0 saturated carbocycles. The number of hydrogen-bond donors (Lipinski definition) is 3. The Balaban J connectivity index is 1.61. The Morgan fingerprint density at radius 3 is 2.65 bits per heavy atom. The topological polar surface area (TPSA) is 78.4 Å². The van der Waals surface area contributed by atoms with Gasteiger partial charge in [-0.05, 0) is 47.9 Å². The van der Waals surface area contributed by atoms with Crippen molar-refractivity contribution in [3.8, 4) is 0 Å². The summed E-state index contributed by atoms with van der Waals surface area (Å²) in [5.41, 5.74) is 3.30. The van der Waals surface area contributed by atoms with Crippen LogP contribution >= 0.6 is 11.3 Å². The van der Waals surface area contributed by atoms with Crippen molar-refractivity contribution in [3.05, 3.63) is 64.5 Å². The molecular weight excluding hydrogens is 348 g/mol. The number of aliphatic hydroxyl groups excluding tert-OH is 1. The number of rotatable bonds is 4. The molecule has 3 aromatic rings. The highest BCUT2D eigenvalue weighted by Crippen LogP contribution is 2.29. The minimum atomic E-state index is -0.872. The maximum Gasteiger partial charge on any atom is 0.313 e. The highest BCUT2D eigenvalue weighted by molar-refractivity contribution is 7.17. The molecular formula is C20H20N2O3S. The van der Waals surface area contributed by atoms with Crippen molar-refractivity contribution in [2.75, 3.05) is 11.9 Å². The lowest BCUT2D eigenvalue weighted by molar-refractivity contribution is -0.136. The highest BCUT2D eigenvalue weighted by Gasteiger charge is 2.18. The summed E-state index contributed by atoms with van der Waals surface area (Å²) in [4.78, 5) is 24.1. The lowest BCUT2D eigenvalue weighted by atomic mass is 10.1. The van der Waals surface area contributed by atoms with Crippen LogP contribution in [0.15, 0.2) is 47.8 Å². The van der Waals surface area contributed by atoms with Crippen LogP contribution in [0.1, 0.15) is 22.8 Å². The fourth-order valence-electron chi connectivity index (χ4n) is 2.70. The number of thiophene rings is 1. The second-order valence-corrected chi connectivity index (χ2v) is 7.03. The zero-order chi connectivity index (χ0) is 18.7. The first-order chi connectivity index (χ1) is 12.5. The average molecular weight is 368 g/mol. The van der Waals surface area contributed by atoms with E-state index in [1.54, 1.807) is 6.07 Å². The molecule has 2 amide bonds. The molecule has 5 nitrogen and oxygen atoms in total. The van der Waals surface area contributed by atoms with E-state index in [1.807, 2.05) is 55.6 Å². The SMILES string of the molecule is Cc1cccc(NC(=O)C(=O)NCC(O)c2csc3ccccc23)c1C. The van der Waals surface area contributed by atoms with Crippen LogP contribution < -0.4 is 10.6 Å². The monoisotopic (exact) mass is 368 g/mol. The van der Waals surface area contributed by atoms with Gasteiger partial charge in [0.15, 0.2) is 0 Å². The first-order valence-electron chi connectivity index (χ1n) is 8.27. The third-order valence-corrected chi connectivity index (χ3v) is 5.37. The maximum absolute atomic E-state index is 12.1. The van der Waals surface area contributed by atoms with Crippen LogP contribution in [0.4, 0.5) is 5.69 Å². The van der Waals surface area contributed by atoms with Crippen LogP contribution in [-0.4, -0.2) is 23.5 Å². The molecule has 0 aliphatic carbocycles. The van der Waals surface area contributed by atoms with Crippen molar-refractivity contribution >= 4 is 38.9 Å². The highest BCUT2D eigenvalue weighted by atomic mass is 32.1. The number of carbonyl (C=O) groups excluding carboxylic acids is 2. The van der Waals surface area contributed by atoms with Crippen LogP contribution in [0.5, 0.6) is 0 Å². The zero-order valence-corrected chi connectivity index (χ0v) is 15.4. The van der Waals surface area contributed by atoms with E-state index in [4.69, 9.17) is 0 Å². The number of anilines is 1. The number of amides is 2. The van der Waals surface area contributed by atoms with Crippen molar-refractivity contribution in [1.82, 2.24) is 5.32 Å². The minimum Gasteiger partial charge on any atom is -0.387 e. The first-order valence-corrected chi connectivity index (χ1v) is 9.15. The lowest BCUT2D eigenvalue weighted by Crippen LogP contribution is -2.37. The summed E-state index contributed by atoms with van der Waals surface area (Å²) in [5, 5.41) is 18.3. The molecule has 134 valence electrons. The van der Waals surface area contributed by atoms with Gasteiger partial charge >= 0.3 is 11.8 Å². The van der Waals surface area contributed by atoms with Gasteiger partial charge in [-0.1, -0.05) is 30.3 Å². The smallest absolute Gasteiger partial charge is 0.313 e. The number of nitrogens with one attached hydrogen (secondary N) is 2. The summed E-state index contributed by atoms with van der Waals surface area (Å²) in [6.07, 6.45) is -0.872. The summed E-state index contributed by atoms with van der Waals surface area (Å²) in [7, 11) is 0. The molecule has 26 heavy (non-hydrogen) atoms. The molecule has 0 radical (unpaired) electrons. The average Bonchev–Trinajstić information content (AvgIpc) is 3.07. The number of carbonyl (C=O) groups is 2. The summed E-state index contributed by atoms with van der Waals surface area (Å²) in [5.74, 6) is -1.52. The van der Waals surface area contributed by atoms with Gasteiger partial charge in [0, 0.05) is 22.5 Å². The van der Waals surface area contributed by atoms with E-state index < -0.39 is 17.9 Å². The first kappa shape index (κ1) is 18.1. The molecule has 3 N–H and O–H groups in total. The Morgan fingerprint density at radius 1 is 1.08 bits per heavy atom. The van der Waals surface area contributed by atoms with E-state index in [2.05, 4.69) is 10.6 Å². The molecule has 0 saturated heterocycles. The van der Waals surface area contributed by atoms with Gasteiger partial charge in [0.25, 0.3) is 0 Å². The molecule has 6 heteroatoms. The number of aryl methyl sites for hydroxylation is 1. The van der Waals surface area contributed by atoms with Gasteiger partial charge in [-0.25, -0.2) is 0 Å². The predicted molar refractivity (Wildman–Crippen MR) is 104 cm³/mol. The van der Waals surface area contributed by atoms with Gasteiger partial charge in [-0.15, -0.1) is 11.3 Å². The largest absolute Gasteiger partial charge is 0.387 e. The van der Waals surface area contributed by atoms with Crippen molar-refractivity contribution in [2.45, 2.75) is 20.0 Å². The Labute approximate surface area is 155 Å². The Hall–Kier alpha value is -2.70.